The number of nitrogens with two attached hydrogens (primary N) is 1. The molecule has 0 saturated carbocycles. The van der Waals surface area contributed by atoms with E-state index in [4.69, 9.17) is 5.84 Å². The van der Waals surface area contributed by atoms with Crippen molar-refractivity contribution < 1.29 is 4.68 Å². The van der Waals surface area contributed by atoms with Gasteiger partial charge >= 0.3 is 0 Å². The average Bonchev–Trinajstić information content (AvgIpc) is 1.98. The number of nitrogens with zero attached hydrogens (tertiary/aromatic N) is 3. The molecule has 0 unspecified atom stereocenters. The molecule has 1 heterocycles. The molecule has 0 aliphatic rings. The summed E-state index contributed by atoms with van der Waals surface area (Å²) in [5, 5.41) is 4.06. The average molecular weight is 127 g/mol. The highest BCUT2D eigenvalue weighted by atomic mass is 15.5. The Kier molecular flexibility index (Phi) is 1.16. The Balaban J connectivity index is 3.29. The normalized spacial score (nSPS) is 10.1. The minimum absolute atomic E-state index is 0.829. The van der Waals surface area contributed by atoms with Crippen LogP contribution in [-0.4, -0.2) is 9.78 Å². The van der Waals surface area contributed by atoms with E-state index in [0.717, 1.165) is 11.6 Å². The third-order valence-electron chi connectivity index (χ3n) is 1.46. The molecule has 0 radical (unpaired) electrons. The number of aromatic nitrogens is 3. The van der Waals surface area contributed by atoms with Crippen LogP contribution in [0.1, 0.15) is 11.6 Å². The van der Waals surface area contributed by atoms with Crippen molar-refractivity contribution >= 4 is 0 Å². The van der Waals surface area contributed by atoms with Gasteiger partial charge < -0.3 is 0 Å². The predicted octanol–water partition coefficient (Wildman–Crippen LogP) is -0.962. The molecule has 0 fully saturated rings. The van der Waals surface area contributed by atoms with Crippen LogP contribution in [0.2, 0.25) is 0 Å². The first kappa shape index (κ1) is 6.07. The number of rotatable bonds is 0. The van der Waals surface area contributed by atoms with Gasteiger partial charge in [-0.05, 0) is 0 Å². The first-order valence-corrected chi connectivity index (χ1v) is 2.80. The van der Waals surface area contributed by atoms with Crippen molar-refractivity contribution in [3.8, 4) is 0 Å². The molecule has 0 saturated heterocycles. The Morgan fingerprint density at radius 3 is 2.22 bits per heavy atom. The lowest BCUT2D eigenvalue weighted by Crippen LogP contribution is -2.48. The number of hydrogen-bond donors (Lipinski definition) is 1. The zero-order chi connectivity index (χ0) is 7.02. The highest BCUT2D eigenvalue weighted by Gasteiger charge is 2.11. The van der Waals surface area contributed by atoms with Gasteiger partial charge in [0.2, 0.25) is 0 Å². The van der Waals surface area contributed by atoms with E-state index in [9.17, 15) is 0 Å². The highest BCUT2D eigenvalue weighted by Crippen LogP contribution is 1.85. The van der Waals surface area contributed by atoms with Gasteiger partial charge in [-0.3, -0.25) is 5.84 Å². The second-order valence-corrected chi connectivity index (χ2v) is 2.09. The number of hydrogen-bond acceptors (Lipinski definition) is 2. The smallest absolute Gasteiger partial charge is 0.289 e. The molecule has 0 aliphatic carbocycles. The maximum Gasteiger partial charge on any atom is 0.295 e. The number of nitrogen functional groups attached to an aromatic ring is 1. The lowest BCUT2D eigenvalue weighted by atomic mass is 10.7. The molecule has 0 bridgehead atoms. The molecule has 4 heteroatoms. The van der Waals surface area contributed by atoms with E-state index in [0.29, 0.717) is 0 Å². The SMILES string of the molecule is Cc1nn(C)c(C)[n+]1N. The van der Waals surface area contributed by atoms with Gasteiger partial charge in [-0.2, -0.15) is 0 Å². The molecular formula is C5H11N4+. The standard InChI is InChI=1S/C5H11N4/c1-4-7-8(3)5(2)9(4)6/h6H2,1-3H3/q+1. The van der Waals surface area contributed by atoms with Crippen LogP contribution in [0, 0.1) is 13.8 Å². The molecule has 1 aromatic heterocycles. The lowest BCUT2D eigenvalue weighted by Gasteiger charge is -1.85. The largest absolute Gasteiger partial charge is 0.295 e. The molecule has 1 aromatic rings. The van der Waals surface area contributed by atoms with Crippen LogP contribution in [-0.2, 0) is 7.05 Å². The van der Waals surface area contributed by atoms with Crippen molar-refractivity contribution in [1.29, 1.82) is 0 Å². The minimum Gasteiger partial charge on any atom is -0.289 e. The van der Waals surface area contributed by atoms with Crippen molar-refractivity contribution in [2.75, 3.05) is 5.84 Å². The molecule has 0 amide bonds. The van der Waals surface area contributed by atoms with E-state index in [1.54, 1.807) is 9.36 Å². The van der Waals surface area contributed by atoms with Gasteiger partial charge in [0.25, 0.3) is 11.6 Å². The zero-order valence-electron chi connectivity index (χ0n) is 5.92. The Morgan fingerprint density at radius 2 is 2.11 bits per heavy atom. The van der Waals surface area contributed by atoms with Crippen molar-refractivity contribution in [3.63, 3.8) is 0 Å². The van der Waals surface area contributed by atoms with Crippen molar-refractivity contribution in [2.45, 2.75) is 13.8 Å². The van der Waals surface area contributed by atoms with Gasteiger partial charge in [0.05, 0.1) is 7.05 Å². The monoisotopic (exact) mass is 127 g/mol. The van der Waals surface area contributed by atoms with Crippen LogP contribution in [0.25, 0.3) is 0 Å². The van der Waals surface area contributed by atoms with Crippen molar-refractivity contribution in [3.05, 3.63) is 11.6 Å². The molecule has 0 aliphatic heterocycles. The molecule has 4 nitrogen and oxygen atoms in total. The van der Waals surface area contributed by atoms with E-state index in [2.05, 4.69) is 5.10 Å². The summed E-state index contributed by atoms with van der Waals surface area (Å²) in [6.45, 7) is 3.78. The van der Waals surface area contributed by atoms with Gasteiger partial charge in [0.15, 0.2) is 0 Å². The van der Waals surface area contributed by atoms with E-state index in [1.807, 2.05) is 20.9 Å². The maximum atomic E-state index is 5.54. The summed E-state index contributed by atoms with van der Waals surface area (Å²) in [5.74, 6) is 7.32. The first-order valence-electron chi connectivity index (χ1n) is 2.80. The Morgan fingerprint density at radius 1 is 1.56 bits per heavy atom. The molecular weight excluding hydrogens is 116 g/mol. The second kappa shape index (κ2) is 1.72. The van der Waals surface area contributed by atoms with Gasteiger partial charge in [-0.1, -0.05) is 0 Å². The van der Waals surface area contributed by atoms with E-state index in [-0.39, 0.29) is 0 Å². The Hall–Kier alpha value is -1.06. The molecule has 50 valence electrons. The van der Waals surface area contributed by atoms with Crippen LogP contribution in [0.15, 0.2) is 0 Å². The molecule has 0 aromatic carbocycles. The number of aryl methyl sites for hydroxylation is 2. The summed E-state index contributed by atoms with van der Waals surface area (Å²) in [5.41, 5.74) is 0. The van der Waals surface area contributed by atoms with Crippen LogP contribution in [0.5, 0.6) is 0 Å². The lowest BCUT2D eigenvalue weighted by molar-refractivity contribution is -0.652. The summed E-state index contributed by atoms with van der Waals surface area (Å²) in [4.78, 5) is 0. The fourth-order valence-electron chi connectivity index (χ4n) is 0.728. The summed E-state index contributed by atoms with van der Waals surface area (Å²) in [7, 11) is 1.87. The van der Waals surface area contributed by atoms with E-state index < -0.39 is 0 Å². The molecule has 0 spiro atoms. The van der Waals surface area contributed by atoms with Gasteiger partial charge in [-0.15, -0.1) is 9.36 Å². The van der Waals surface area contributed by atoms with Crippen molar-refractivity contribution in [2.24, 2.45) is 7.05 Å². The predicted molar refractivity (Wildman–Crippen MR) is 33.0 cm³/mol. The van der Waals surface area contributed by atoms with Crippen molar-refractivity contribution in [1.82, 2.24) is 9.78 Å². The van der Waals surface area contributed by atoms with Gasteiger partial charge in [0.1, 0.15) is 0 Å². The molecule has 9 heavy (non-hydrogen) atoms. The highest BCUT2D eigenvalue weighted by molar-refractivity contribution is 4.73. The first-order chi connectivity index (χ1) is 4.13. The fourth-order valence-corrected chi connectivity index (χ4v) is 0.728. The summed E-state index contributed by atoms with van der Waals surface area (Å²) in [6.07, 6.45) is 0. The van der Waals surface area contributed by atoms with E-state index in [1.165, 1.54) is 0 Å². The Bertz CT molecular complexity index is 203. The third-order valence-corrected chi connectivity index (χ3v) is 1.46. The summed E-state index contributed by atoms with van der Waals surface area (Å²) >= 11 is 0. The quantitative estimate of drug-likeness (QED) is 0.360. The molecule has 1 rings (SSSR count). The Labute approximate surface area is 53.9 Å². The maximum absolute atomic E-state index is 5.54. The fraction of sp³-hybridized carbons (Fsp3) is 0.600. The van der Waals surface area contributed by atoms with E-state index >= 15 is 0 Å². The van der Waals surface area contributed by atoms with Gasteiger partial charge in [-0.25, -0.2) is 0 Å². The van der Waals surface area contributed by atoms with Crippen LogP contribution in [0.3, 0.4) is 0 Å². The summed E-state index contributed by atoms with van der Waals surface area (Å²) < 4.78 is 3.30. The topological polar surface area (TPSA) is 47.7 Å². The summed E-state index contributed by atoms with van der Waals surface area (Å²) in [6, 6.07) is 0. The van der Waals surface area contributed by atoms with Crippen LogP contribution < -0.4 is 10.5 Å². The molecule has 2 N–H and O–H groups in total. The third kappa shape index (κ3) is 0.759. The minimum atomic E-state index is 0.829. The second-order valence-electron chi connectivity index (χ2n) is 2.09. The van der Waals surface area contributed by atoms with Crippen LogP contribution >= 0.6 is 0 Å². The van der Waals surface area contributed by atoms with Crippen LogP contribution in [0.4, 0.5) is 0 Å². The molecule has 0 atom stereocenters. The zero-order valence-corrected chi connectivity index (χ0v) is 5.92. The van der Waals surface area contributed by atoms with Gasteiger partial charge in [0, 0.05) is 18.9 Å².